The summed E-state index contributed by atoms with van der Waals surface area (Å²) in [5.41, 5.74) is 1.37. The molecule has 0 atom stereocenters. The highest BCUT2D eigenvalue weighted by Crippen LogP contribution is 2.09. The van der Waals surface area contributed by atoms with Crippen LogP contribution in [0.4, 0.5) is 0 Å². The molecule has 15 heavy (non-hydrogen) atoms. The predicted octanol–water partition coefficient (Wildman–Crippen LogP) is 4.98. The van der Waals surface area contributed by atoms with E-state index in [4.69, 9.17) is 0 Å². The van der Waals surface area contributed by atoms with Crippen LogP contribution in [0.25, 0.3) is 0 Å². The van der Waals surface area contributed by atoms with Crippen LogP contribution in [0.1, 0.15) is 33.6 Å². The Labute approximate surface area is 94.4 Å². The maximum absolute atomic E-state index is 2.19. The molecule has 0 unspecified atom stereocenters. The van der Waals surface area contributed by atoms with Gasteiger partial charge in [0.2, 0.25) is 0 Å². The van der Waals surface area contributed by atoms with E-state index in [0.717, 1.165) is 12.8 Å². The Morgan fingerprint density at radius 3 is 2.73 bits per heavy atom. The Morgan fingerprint density at radius 1 is 1.20 bits per heavy atom. The van der Waals surface area contributed by atoms with E-state index >= 15 is 0 Å². The van der Waals surface area contributed by atoms with Crippen molar-refractivity contribution in [2.75, 3.05) is 0 Å². The van der Waals surface area contributed by atoms with E-state index in [0.29, 0.717) is 0 Å². The number of hydrogen-bond acceptors (Lipinski definition) is 0. The maximum Gasteiger partial charge on any atom is -0.00944 e. The van der Waals surface area contributed by atoms with E-state index in [1.165, 1.54) is 5.57 Å². The Morgan fingerprint density at radius 2 is 2.00 bits per heavy atom. The van der Waals surface area contributed by atoms with Gasteiger partial charge in [-0.3, -0.25) is 0 Å². The topological polar surface area (TPSA) is 0 Å². The van der Waals surface area contributed by atoms with Crippen LogP contribution in [0.3, 0.4) is 0 Å². The van der Waals surface area contributed by atoms with Gasteiger partial charge in [-0.15, -0.1) is 0 Å². The molecule has 1 rings (SSSR count). The molecule has 0 aliphatic heterocycles. The van der Waals surface area contributed by atoms with Crippen LogP contribution in [0.2, 0.25) is 0 Å². The normalized spacial score (nSPS) is 15.0. The van der Waals surface area contributed by atoms with E-state index in [9.17, 15) is 0 Å². The minimum absolute atomic E-state index is 1.02. The number of allylic oxidation sites excluding steroid dienone is 10. The average molecular weight is 202 g/mol. The first-order valence-corrected chi connectivity index (χ1v) is 5.73. The van der Waals surface area contributed by atoms with Crippen LogP contribution in [0.15, 0.2) is 60.3 Å². The molecule has 0 heteroatoms. The Balaban J connectivity index is 0.000000921. The minimum Gasteiger partial charge on any atom is -0.0877 e. The first kappa shape index (κ1) is 13.7. The van der Waals surface area contributed by atoms with E-state index in [1.807, 2.05) is 26.8 Å². The lowest BCUT2D eigenvalue weighted by atomic mass is 10.1. The van der Waals surface area contributed by atoms with Crippen LogP contribution >= 0.6 is 0 Å². The van der Waals surface area contributed by atoms with Gasteiger partial charge in [0.15, 0.2) is 0 Å². The van der Waals surface area contributed by atoms with Crippen molar-refractivity contribution in [1.82, 2.24) is 0 Å². The molecule has 0 aromatic rings. The second kappa shape index (κ2) is 10.8. The summed E-state index contributed by atoms with van der Waals surface area (Å²) in [4.78, 5) is 0. The highest BCUT2D eigenvalue weighted by Gasteiger charge is 1.88. The minimum atomic E-state index is 1.02. The van der Waals surface area contributed by atoms with Crippen LogP contribution < -0.4 is 0 Å². The molecule has 0 aromatic heterocycles. The molecule has 0 spiro atoms. The van der Waals surface area contributed by atoms with E-state index in [2.05, 4.69) is 48.6 Å². The Hall–Kier alpha value is -1.30. The van der Waals surface area contributed by atoms with Crippen molar-refractivity contribution in [2.45, 2.75) is 33.6 Å². The van der Waals surface area contributed by atoms with Gasteiger partial charge in [0.05, 0.1) is 0 Å². The molecule has 0 bridgehead atoms. The molecule has 0 saturated heterocycles. The molecule has 0 N–H and O–H groups in total. The molecule has 0 amide bonds. The number of rotatable bonds is 3. The molecule has 0 saturated carbocycles. The van der Waals surface area contributed by atoms with Crippen molar-refractivity contribution in [3.8, 4) is 0 Å². The molecule has 1 aliphatic carbocycles. The summed E-state index contributed by atoms with van der Waals surface area (Å²) in [5.74, 6) is 0. The van der Waals surface area contributed by atoms with Gasteiger partial charge in [0.25, 0.3) is 0 Å². The van der Waals surface area contributed by atoms with E-state index in [1.54, 1.807) is 0 Å². The fraction of sp³-hybridized carbons (Fsp3) is 0.333. The lowest BCUT2D eigenvalue weighted by molar-refractivity contribution is 1.28. The largest absolute Gasteiger partial charge is 0.0877 e. The van der Waals surface area contributed by atoms with Crippen LogP contribution in [0, 0.1) is 0 Å². The van der Waals surface area contributed by atoms with Crippen molar-refractivity contribution >= 4 is 0 Å². The second-order valence-corrected chi connectivity index (χ2v) is 2.97. The van der Waals surface area contributed by atoms with E-state index < -0.39 is 0 Å². The third-order valence-corrected chi connectivity index (χ3v) is 1.84. The highest BCUT2D eigenvalue weighted by atomic mass is 13.9. The van der Waals surface area contributed by atoms with Crippen molar-refractivity contribution in [2.24, 2.45) is 0 Å². The Kier molecular flexibility index (Phi) is 9.84. The van der Waals surface area contributed by atoms with Gasteiger partial charge in [-0.05, 0) is 25.3 Å². The monoisotopic (exact) mass is 202 g/mol. The molecule has 1 aliphatic rings. The zero-order chi connectivity index (χ0) is 11.4. The molecule has 82 valence electrons. The molecule has 0 fully saturated rings. The lowest BCUT2D eigenvalue weighted by Crippen LogP contribution is -1.72. The lowest BCUT2D eigenvalue weighted by Gasteiger charge is -1.92. The smallest absolute Gasteiger partial charge is 0.00944 e. The summed E-state index contributed by atoms with van der Waals surface area (Å²) in [6.45, 7) is 6.03. The van der Waals surface area contributed by atoms with Gasteiger partial charge in [0, 0.05) is 0 Å². The quantitative estimate of drug-likeness (QED) is 0.566. The van der Waals surface area contributed by atoms with Crippen molar-refractivity contribution < 1.29 is 0 Å². The van der Waals surface area contributed by atoms with Crippen molar-refractivity contribution in [3.63, 3.8) is 0 Å². The molecule has 0 nitrogen and oxygen atoms in total. The average Bonchev–Trinajstić information content (AvgIpc) is 2.56. The summed E-state index contributed by atoms with van der Waals surface area (Å²) >= 11 is 0. The number of hydrogen-bond donors (Lipinski definition) is 0. The summed E-state index contributed by atoms with van der Waals surface area (Å²) in [6.07, 6.45) is 21.3. The van der Waals surface area contributed by atoms with Gasteiger partial charge < -0.3 is 0 Å². The maximum atomic E-state index is 2.19. The fourth-order valence-corrected chi connectivity index (χ4v) is 1.15. The van der Waals surface area contributed by atoms with Gasteiger partial charge in [-0.25, -0.2) is 0 Å². The standard InChI is InChI=1S/C13H16.C2H6/c1-2-3-4-7-10-13-11-8-5-6-9-12-13;1-2/h2-5,7-9,11-12H,6,10H2,1H3;1-2H3/b3-2-,7-4-;. The predicted molar refractivity (Wildman–Crippen MR) is 70.9 cm³/mol. The van der Waals surface area contributed by atoms with Crippen LogP contribution in [-0.2, 0) is 0 Å². The third-order valence-electron chi connectivity index (χ3n) is 1.84. The van der Waals surface area contributed by atoms with Crippen LogP contribution in [0.5, 0.6) is 0 Å². The van der Waals surface area contributed by atoms with Gasteiger partial charge in [0.1, 0.15) is 0 Å². The van der Waals surface area contributed by atoms with Gasteiger partial charge in [-0.1, -0.05) is 68.5 Å². The Bertz CT molecular complexity index is 272. The molecule has 0 aromatic carbocycles. The summed E-state index contributed by atoms with van der Waals surface area (Å²) in [5, 5.41) is 0. The highest BCUT2D eigenvalue weighted by molar-refractivity contribution is 5.29. The summed E-state index contributed by atoms with van der Waals surface area (Å²) < 4.78 is 0. The zero-order valence-electron chi connectivity index (χ0n) is 10.1. The fourth-order valence-electron chi connectivity index (χ4n) is 1.15. The summed E-state index contributed by atoms with van der Waals surface area (Å²) in [7, 11) is 0. The third kappa shape index (κ3) is 7.75. The molecular weight excluding hydrogens is 180 g/mol. The summed E-state index contributed by atoms with van der Waals surface area (Å²) in [6, 6.07) is 0. The van der Waals surface area contributed by atoms with Crippen molar-refractivity contribution in [3.05, 3.63) is 60.3 Å². The van der Waals surface area contributed by atoms with Crippen molar-refractivity contribution in [1.29, 1.82) is 0 Å². The van der Waals surface area contributed by atoms with Gasteiger partial charge in [-0.2, -0.15) is 0 Å². The SMILES string of the molecule is C/C=C\C=C/CC1=CC=CCC=C1.CC. The second-order valence-electron chi connectivity index (χ2n) is 2.97. The molecular formula is C15H22. The first-order chi connectivity index (χ1) is 7.43. The van der Waals surface area contributed by atoms with Crippen LogP contribution in [-0.4, -0.2) is 0 Å². The van der Waals surface area contributed by atoms with E-state index in [-0.39, 0.29) is 0 Å². The zero-order valence-corrected chi connectivity index (χ0v) is 10.1. The molecule has 0 heterocycles. The van der Waals surface area contributed by atoms with Gasteiger partial charge >= 0.3 is 0 Å². The molecule has 0 radical (unpaired) electrons. The first-order valence-electron chi connectivity index (χ1n) is 5.73.